The predicted octanol–water partition coefficient (Wildman–Crippen LogP) is 4.85. The molecule has 148 valence electrons. The van der Waals surface area contributed by atoms with Gasteiger partial charge in [0.1, 0.15) is 10.8 Å². The largest absolute Gasteiger partial charge is 0.494 e. The van der Waals surface area contributed by atoms with E-state index in [0.29, 0.717) is 17.2 Å². The number of carbonyl (C=O) groups is 2. The molecule has 1 heterocycles. The van der Waals surface area contributed by atoms with Gasteiger partial charge < -0.3 is 14.8 Å². The van der Waals surface area contributed by atoms with Gasteiger partial charge in [-0.05, 0) is 55.0 Å². The van der Waals surface area contributed by atoms with Gasteiger partial charge in [-0.15, -0.1) is 11.3 Å². The molecule has 1 aromatic heterocycles. The van der Waals surface area contributed by atoms with Gasteiger partial charge in [0, 0.05) is 11.0 Å². The van der Waals surface area contributed by atoms with Crippen molar-refractivity contribution in [3.8, 4) is 5.75 Å². The number of esters is 1. The Kier molecular flexibility index (Phi) is 6.87. The molecule has 0 atom stereocenters. The summed E-state index contributed by atoms with van der Waals surface area (Å²) < 4.78 is 10.5. The lowest BCUT2D eigenvalue weighted by molar-refractivity contribution is -0.111. The maximum absolute atomic E-state index is 12.3. The Hall–Kier alpha value is -2.60. The number of aryl methyl sites for hydroxylation is 1. The van der Waals surface area contributed by atoms with Crippen molar-refractivity contribution in [3.05, 3.63) is 51.9 Å². The van der Waals surface area contributed by atoms with Crippen molar-refractivity contribution >= 4 is 34.3 Å². The van der Waals surface area contributed by atoms with Crippen LogP contribution < -0.4 is 10.1 Å². The molecule has 2 aromatic rings. The molecule has 1 aliphatic rings. The summed E-state index contributed by atoms with van der Waals surface area (Å²) in [5.74, 6) is 0.163. The minimum Gasteiger partial charge on any atom is -0.494 e. The zero-order valence-corrected chi connectivity index (χ0v) is 17.1. The summed E-state index contributed by atoms with van der Waals surface area (Å²) in [7, 11) is 1.36. The molecular weight excluding hydrogens is 374 g/mol. The van der Waals surface area contributed by atoms with Gasteiger partial charge in [0.2, 0.25) is 5.91 Å². The lowest BCUT2D eigenvalue weighted by Crippen LogP contribution is -2.12. The highest BCUT2D eigenvalue weighted by molar-refractivity contribution is 7.17. The number of thiophene rings is 1. The third-order valence-corrected chi connectivity index (χ3v) is 5.83. The third-order valence-electron chi connectivity index (χ3n) is 4.62. The van der Waals surface area contributed by atoms with Gasteiger partial charge in [-0.3, -0.25) is 4.79 Å². The summed E-state index contributed by atoms with van der Waals surface area (Å²) in [4.78, 5) is 25.7. The second-order valence-corrected chi connectivity index (χ2v) is 7.75. The van der Waals surface area contributed by atoms with Gasteiger partial charge in [0.25, 0.3) is 0 Å². The number of hydrogen-bond donors (Lipinski definition) is 1. The summed E-state index contributed by atoms with van der Waals surface area (Å²) in [6, 6.07) is 7.61. The van der Waals surface area contributed by atoms with Crippen LogP contribution in [0.2, 0.25) is 0 Å². The van der Waals surface area contributed by atoms with Crippen molar-refractivity contribution in [3.63, 3.8) is 0 Å². The lowest BCUT2D eigenvalue weighted by atomic mass is 10.1. The van der Waals surface area contributed by atoms with E-state index in [1.807, 2.05) is 24.3 Å². The number of methoxy groups -OCH3 is 1. The molecule has 6 heteroatoms. The maximum Gasteiger partial charge on any atom is 0.341 e. The molecule has 0 aliphatic heterocycles. The monoisotopic (exact) mass is 399 g/mol. The molecular formula is C22H25NO4S. The number of carbonyl (C=O) groups excluding carboxylic acids is 2. The SMILES string of the molecule is CCCCOc1ccc(/C=C/C(=O)Nc2sc3c(c2C(=O)OC)CCC3)cc1. The Morgan fingerprint density at radius 2 is 2.00 bits per heavy atom. The number of anilines is 1. The zero-order valence-electron chi connectivity index (χ0n) is 16.2. The topological polar surface area (TPSA) is 64.6 Å². The molecule has 0 bridgehead atoms. The first-order valence-electron chi connectivity index (χ1n) is 9.57. The predicted molar refractivity (Wildman–Crippen MR) is 112 cm³/mol. The van der Waals surface area contributed by atoms with Gasteiger partial charge in [-0.25, -0.2) is 4.79 Å². The van der Waals surface area contributed by atoms with Crippen molar-refractivity contribution in [2.24, 2.45) is 0 Å². The van der Waals surface area contributed by atoms with Gasteiger partial charge in [0.15, 0.2) is 0 Å². The van der Waals surface area contributed by atoms with Crippen LogP contribution in [0.3, 0.4) is 0 Å². The summed E-state index contributed by atoms with van der Waals surface area (Å²) >= 11 is 1.47. The molecule has 28 heavy (non-hydrogen) atoms. The Bertz CT molecular complexity index is 867. The fraction of sp³-hybridized carbons (Fsp3) is 0.364. The highest BCUT2D eigenvalue weighted by Gasteiger charge is 2.27. The summed E-state index contributed by atoms with van der Waals surface area (Å²) in [6.07, 6.45) is 8.18. The van der Waals surface area contributed by atoms with Crippen LogP contribution in [0, 0.1) is 0 Å². The van der Waals surface area contributed by atoms with Crippen LogP contribution >= 0.6 is 11.3 Å². The van der Waals surface area contributed by atoms with Crippen molar-refractivity contribution < 1.29 is 19.1 Å². The number of unbranched alkanes of at least 4 members (excludes halogenated alkanes) is 1. The number of nitrogens with one attached hydrogen (secondary N) is 1. The molecule has 0 spiro atoms. The number of rotatable bonds is 8. The molecule has 0 fully saturated rings. The van der Waals surface area contributed by atoms with Gasteiger partial charge >= 0.3 is 5.97 Å². The minimum atomic E-state index is -0.391. The van der Waals surface area contributed by atoms with Crippen molar-refractivity contribution in [2.75, 3.05) is 19.0 Å². The molecule has 0 unspecified atom stereocenters. The van der Waals surface area contributed by atoms with E-state index in [0.717, 1.165) is 49.0 Å². The van der Waals surface area contributed by atoms with Crippen molar-refractivity contribution in [1.82, 2.24) is 0 Å². The van der Waals surface area contributed by atoms with Crippen LogP contribution in [0.25, 0.3) is 6.08 Å². The average molecular weight is 400 g/mol. The van der Waals surface area contributed by atoms with E-state index in [1.165, 1.54) is 29.4 Å². The van der Waals surface area contributed by atoms with Crippen LogP contribution in [0.4, 0.5) is 5.00 Å². The van der Waals surface area contributed by atoms with E-state index >= 15 is 0 Å². The molecule has 5 nitrogen and oxygen atoms in total. The zero-order chi connectivity index (χ0) is 19.9. The first kappa shape index (κ1) is 20.1. The first-order chi connectivity index (χ1) is 13.6. The van der Waals surface area contributed by atoms with Crippen LogP contribution in [-0.2, 0) is 22.4 Å². The molecule has 0 saturated heterocycles. The van der Waals surface area contributed by atoms with Gasteiger partial charge in [0.05, 0.1) is 19.3 Å². The van der Waals surface area contributed by atoms with Crippen molar-refractivity contribution in [1.29, 1.82) is 0 Å². The number of ether oxygens (including phenoxy) is 2. The van der Waals surface area contributed by atoms with Crippen LogP contribution in [0.15, 0.2) is 30.3 Å². The Morgan fingerprint density at radius 3 is 2.71 bits per heavy atom. The van der Waals surface area contributed by atoms with Gasteiger partial charge in [-0.1, -0.05) is 25.5 Å². The van der Waals surface area contributed by atoms with E-state index in [9.17, 15) is 9.59 Å². The van der Waals surface area contributed by atoms with Crippen LogP contribution in [-0.4, -0.2) is 25.6 Å². The van der Waals surface area contributed by atoms with E-state index < -0.39 is 5.97 Å². The smallest absolute Gasteiger partial charge is 0.341 e. The fourth-order valence-electron chi connectivity index (χ4n) is 3.15. The Labute approximate surface area is 169 Å². The third kappa shape index (κ3) is 4.81. The molecule has 3 rings (SSSR count). The maximum atomic E-state index is 12.3. The molecule has 0 radical (unpaired) electrons. The normalized spacial score (nSPS) is 12.8. The number of fused-ring (bicyclic) bond motifs is 1. The van der Waals surface area contributed by atoms with Crippen LogP contribution in [0.1, 0.15) is 52.5 Å². The average Bonchev–Trinajstić information content (AvgIpc) is 3.28. The molecule has 1 aromatic carbocycles. The second kappa shape index (κ2) is 9.55. The van der Waals surface area contributed by atoms with E-state index in [-0.39, 0.29) is 5.91 Å². The minimum absolute atomic E-state index is 0.270. The Morgan fingerprint density at radius 1 is 1.21 bits per heavy atom. The standard InChI is InChI=1S/C22H25NO4S/c1-3-4-14-27-16-11-8-15(9-12-16)10-13-19(24)23-21-20(22(25)26-2)17-6-5-7-18(17)28-21/h8-13H,3-7,14H2,1-2H3,(H,23,24)/b13-10+. The molecule has 0 saturated carbocycles. The summed E-state index contributed by atoms with van der Waals surface area (Å²) in [5, 5.41) is 3.41. The van der Waals surface area contributed by atoms with Gasteiger partial charge in [-0.2, -0.15) is 0 Å². The highest BCUT2D eigenvalue weighted by Crippen LogP contribution is 2.39. The molecule has 1 N–H and O–H groups in total. The number of benzene rings is 1. The van der Waals surface area contributed by atoms with E-state index in [2.05, 4.69) is 12.2 Å². The summed E-state index contributed by atoms with van der Waals surface area (Å²) in [5.41, 5.74) is 2.44. The fourth-order valence-corrected chi connectivity index (χ4v) is 4.43. The first-order valence-corrected chi connectivity index (χ1v) is 10.4. The lowest BCUT2D eigenvalue weighted by Gasteiger charge is -2.06. The quantitative estimate of drug-likeness (QED) is 0.391. The number of hydrogen-bond acceptors (Lipinski definition) is 5. The van der Waals surface area contributed by atoms with Crippen LogP contribution in [0.5, 0.6) is 5.75 Å². The highest BCUT2D eigenvalue weighted by atomic mass is 32.1. The molecule has 1 aliphatic carbocycles. The summed E-state index contributed by atoms with van der Waals surface area (Å²) in [6.45, 7) is 2.84. The van der Waals surface area contributed by atoms with E-state index in [4.69, 9.17) is 9.47 Å². The number of amides is 1. The Balaban J connectivity index is 1.64. The molecule has 1 amide bonds. The van der Waals surface area contributed by atoms with E-state index in [1.54, 1.807) is 6.08 Å². The second-order valence-electron chi connectivity index (χ2n) is 6.65. The van der Waals surface area contributed by atoms with Crippen molar-refractivity contribution in [2.45, 2.75) is 39.0 Å².